The van der Waals surface area contributed by atoms with Crippen molar-refractivity contribution in [3.8, 4) is 11.5 Å². The smallest absolute Gasteiger partial charge is 0.232 e. The zero-order valence-electron chi connectivity index (χ0n) is 25.8. The first kappa shape index (κ1) is 31.0. The highest BCUT2D eigenvalue weighted by atomic mass is 32.2. The van der Waals surface area contributed by atoms with Gasteiger partial charge in [0.1, 0.15) is 17.3 Å². The summed E-state index contributed by atoms with van der Waals surface area (Å²) in [6.07, 6.45) is 10.1. The molecule has 5 atom stereocenters. The number of phenolic OH excluding ortho intramolecular Hbond substituents is 1. The van der Waals surface area contributed by atoms with E-state index in [9.17, 15) is 14.7 Å². The van der Waals surface area contributed by atoms with E-state index in [0.717, 1.165) is 82.3 Å². The minimum Gasteiger partial charge on any atom is -0.508 e. The van der Waals surface area contributed by atoms with Gasteiger partial charge >= 0.3 is 0 Å². The molecule has 0 aliphatic heterocycles. The van der Waals surface area contributed by atoms with Gasteiger partial charge in [0.2, 0.25) is 5.91 Å². The van der Waals surface area contributed by atoms with Crippen molar-refractivity contribution in [2.75, 3.05) is 31.7 Å². The van der Waals surface area contributed by atoms with Crippen LogP contribution in [0.4, 0.5) is 0 Å². The van der Waals surface area contributed by atoms with Gasteiger partial charge in [-0.15, -0.1) is 0 Å². The molecule has 1 amide bonds. The summed E-state index contributed by atoms with van der Waals surface area (Å²) in [5, 5.41) is 10.2. The number of fused-ring (bicyclic) bond motifs is 5. The average Bonchev–Trinajstić information content (AvgIpc) is 3.30. The van der Waals surface area contributed by atoms with Crippen LogP contribution in [0.5, 0.6) is 11.5 Å². The van der Waals surface area contributed by atoms with Gasteiger partial charge in [0.15, 0.2) is 0 Å². The Hall–Kier alpha value is -2.47. The fourth-order valence-corrected chi connectivity index (χ4v) is 9.01. The lowest BCUT2D eigenvalue weighted by molar-refractivity contribution is -0.130. The molecule has 0 aromatic heterocycles. The molecule has 2 fully saturated rings. The standard InChI is InChI=1S/C36H49NO4S/c1-4-5-19-37(3)34(40)24-42-21-8-6-7-20-41-28-13-9-25(10-14-28)31-23-36(2)32(17-18-33(36)39)30-15-11-26-22-27(38)12-16-29(26)35(30)31/h9-10,12-14,16,22,30-32,35,38H,4-8,11,15,17-21,23-24H2,1-3H3/t30?,31-,32?,35?,36+/m1/s1. The van der Waals surface area contributed by atoms with E-state index in [4.69, 9.17) is 4.74 Å². The number of ether oxygens (including phenoxy) is 1. The first-order chi connectivity index (χ1) is 20.3. The van der Waals surface area contributed by atoms with Gasteiger partial charge in [0, 0.05) is 25.4 Å². The Labute approximate surface area is 256 Å². The number of unbranched alkanes of at least 4 members (excludes halogenated alkanes) is 3. The number of benzene rings is 2. The van der Waals surface area contributed by atoms with Crippen LogP contribution in [0.2, 0.25) is 0 Å². The fraction of sp³-hybridized carbons (Fsp3) is 0.611. The summed E-state index contributed by atoms with van der Waals surface area (Å²) in [7, 11) is 1.90. The van der Waals surface area contributed by atoms with Gasteiger partial charge in [-0.1, -0.05) is 38.5 Å². The molecule has 0 bridgehead atoms. The Balaban J connectivity index is 1.14. The Bertz CT molecular complexity index is 1230. The molecule has 2 aromatic carbocycles. The zero-order valence-corrected chi connectivity index (χ0v) is 26.6. The Kier molecular flexibility index (Phi) is 10.2. The highest BCUT2D eigenvalue weighted by Crippen LogP contribution is 2.64. The largest absolute Gasteiger partial charge is 0.508 e. The summed E-state index contributed by atoms with van der Waals surface area (Å²) in [4.78, 5) is 27.2. The second kappa shape index (κ2) is 13.9. The molecule has 42 heavy (non-hydrogen) atoms. The van der Waals surface area contributed by atoms with Crippen LogP contribution in [-0.2, 0) is 16.0 Å². The van der Waals surface area contributed by atoms with Crippen LogP contribution in [0.1, 0.15) is 100 Å². The molecule has 1 N–H and O–H groups in total. The molecular weight excluding hydrogens is 542 g/mol. The van der Waals surface area contributed by atoms with Gasteiger partial charge < -0.3 is 14.7 Å². The third-order valence-corrected chi connectivity index (χ3v) is 11.5. The summed E-state index contributed by atoms with van der Waals surface area (Å²) in [6.45, 7) is 5.94. The van der Waals surface area contributed by atoms with E-state index in [2.05, 4.69) is 44.2 Å². The summed E-state index contributed by atoms with van der Waals surface area (Å²) in [5.74, 6) is 5.16. The van der Waals surface area contributed by atoms with E-state index >= 15 is 0 Å². The van der Waals surface area contributed by atoms with Gasteiger partial charge in [-0.2, -0.15) is 11.8 Å². The summed E-state index contributed by atoms with van der Waals surface area (Å²) >= 11 is 1.74. The van der Waals surface area contributed by atoms with E-state index in [1.165, 1.54) is 16.7 Å². The van der Waals surface area contributed by atoms with E-state index in [1.807, 2.05) is 24.1 Å². The molecule has 5 rings (SSSR count). The number of phenols is 1. The molecule has 0 heterocycles. The predicted molar refractivity (Wildman–Crippen MR) is 172 cm³/mol. The summed E-state index contributed by atoms with van der Waals surface area (Å²) in [6, 6.07) is 14.6. The lowest BCUT2D eigenvalue weighted by Gasteiger charge is -2.52. The first-order valence-corrected chi connectivity index (χ1v) is 17.4. The number of aromatic hydroxyl groups is 1. The summed E-state index contributed by atoms with van der Waals surface area (Å²) < 4.78 is 6.09. The lowest BCUT2D eigenvalue weighted by Crippen LogP contribution is -2.45. The number of carbonyl (C=O) groups excluding carboxylic acids is 2. The molecule has 3 unspecified atom stereocenters. The molecule has 5 nitrogen and oxygen atoms in total. The van der Waals surface area contributed by atoms with Crippen molar-refractivity contribution < 1.29 is 19.4 Å². The number of rotatable bonds is 13. The van der Waals surface area contributed by atoms with Gasteiger partial charge in [0.25, 0.3) is 0 Å². The van der Waals surface area contributed by atoms with Crippen LogP contribution in [0.3, 0.4) is 0 Å². The molecule has 0 saturated heterocycles. The van der Waals surface area contributed by atoms with Gasteiger partial charge in [-0.25, -0.2) is 0 Å². The van der Waals surface area contributed by atoms with E-state index in [-0.39, 0.29) is 17.2 Å². The first-order valence-electron chi connectivity index (χ1n) is 16.2. The van der Waals surface area contributed by atoms with Crippen molar-refractivity contribution in [1.29, 1.82) is 0 Å². The minimum atomic E-state index is -0.230. The molecule has 0 radical (unpaired) electrons. The van der Waals surface area contributed by atoms with Gasteiger partial charge in [0.05, 0.1) is 12.4 Å². The third-order valence-electron chi connectivity index (χ3n) is 10.4. The van der Waals surface area contributed by atoms with Crippen LogP contribution >= 0.6 is 11.8 Å². The third kappa shape index (κ3) is 6.69. The Morgan fingerprint density at radius 1 is 1.07 bits per heavy atom. The zero-order chi connectivity index (χ0) is 29.7. The maximum absolute atomic E-state index is 13.2. The van der Waals surface area contributed by atoms with E-state index in [0.29, 0.717) is 41.6 Å². The Morgan fingerprint density at radius 3 is 2.67 bits per heavy atom. The second-order valence-corrected chi connectivity index (χ2v) is 14.2. The Morgan fingerprint density at radius 2 is 1.88 bits per heavy atom. The summed E-state index contributed by atoms with van der Waals surface area (Å²) in [5.41, 5.74) is 3.72. The number of Topliss-reactive ketones (excluding diaryl/α,β-unsaturated/α-hetero) is 1. The van der Waals surface area contributed by atoms with E-state index in [1.54, 1.807) is 11.8 Å². The number of aryl methyl sites for hydroxylation is 1. The number of thioether (sulfide) groups is 1. The monoisotopic (exact) mass is 591 g/mol. The highest BCUT2D eigenvalue weighted by Gasteiger charge is 2.57. The van der Waals surface area contributed by atoms with Crippen LogP contribution in [0.15, 0.2) is 42.5 Å². The van der Waals surface area contributed by atoms with Crippen molar-refractivity contribution in [1.82, 2.24) is 4.90 Å². The highest BCUT2D eigenvalue weighted by molar-refractivity contribution is 7.99. The number of carbonyl (C=O) groups is 2. The van der Waals surface area contributed by atoms with Crippen molar-refractivity contribution in [2.45, 2.75) is 89.9 Å². The van der Waals surface area contributed by atoms with Crippen molar-refractivity contribution in [3.05, 3.63) is 59.2 Å². The topological polar surface area (TPSA) is 66.8 Å². The SMILES string of the molecule is CCCCN(C)C(=O)CSCCCCCOc1ccc([C@H]2C[C@]3(C)C(=O)CCC3C3CCc4cc(O)ccc4C32)cc1. The lowest BCUT2D eigenvalue weighted by atomic mass is 9.51. The normalized spacial score (nSPS) is 26.3. The van der Waals surface area contributed by atoms with Crippen LogP contribution in [0.25, 0.3) is 0 Å². The molecule has 3 aliphatic rings. The number of nitrogens with zero attached hydrogens (tertiary/aromatic N) is 1. The van der Waals surface area contributed by atoms with Crippen LogP contribution < -0.4 is 4.74 Å². The molecule has 2 aromatic rings. The van der Waals surface area contributed by atoms with Gasteiger partial charge in [-0.05, 0) is 122 Å². The minimum absolute atomic E-state index is 0.230. The van der Waals surface area contributed by atoms with Crippen LogP contribution in [-0.4, -0.2) is 53.4 Å². The fourth-order valence-electron chi connectivity index (χ4n) is 8.06. The molecule has 3 aliphatic carbocycles. The van der Waals surface area contributed by atoms with Crippen molar-refractivity contribution >= 4 is 23.5 Å². The second-order valence-electron chi connectivity index (χ2n) is 13.1. The molecule has 0 spiro atoms. The predicted octanol–water partition coefficient (Wildman–Crippen LogP) is 7.75. The average molecular weight is 592 g/mol. The molecule has 6 heteroatoms. The van der Waals surface area contributed by atoms with E-state index < -0.39 is 0 Å². The van der Waals surface area contributed by atoms with Crippen molar-refractivity contribution in [2.24, 2.45) is 17.3 Å². The molecule has 2 saturated carbocycles. The molecule has 228 valence electrons. The van der Waals surface area contributed by atoms with Gasteiger partial charge in [-0.3, -0.25) is 9.59 Å². The number of hydrogen-bond acceptors (Lipinski definition) is 5. The number of ketones is 1. The van der Waals surface area contributed by atoms with Crippen LogP contribution in [0, 0.1) is 17.3 Å². The molecular formula is C36H49NO4S. The number of hydrogen-bond donors (Lipinski definition) is 1. The quantitative estimate of drug-likeness (QED) is 0.241. The number of amides is 1. The maximum atomic E-state index is 13.2. The maximum Gasteiger partial charge on any atom is 0.232 e. The van der Waals surface area contributed by atoms with Crippen molar-refractivity contribution in [3.63, 3.8) is 0 Å².